The van der Waals surface area contributed by atoms with E-state index < -0.39 is 10.8 Å². The summed E-state index contributed by atoms with van der Waals surface area (Å²) in [6.07, 6.45) is 1.86. The average molecular weight is 403 g/mol. The maximum atomic E-state index is 13.1. The van der Waals surface area contributed by atoms with Crippen molar-refractivity contribution in [3.8, 4) is 0 Å². The van der Waals surface area contributed by atoms with Crippen molar-refractivity contribution in [1.82, 2.24) is 4.57 Å². The maximum Gasteiger partial charge on any atom is 0.236 e. The molecule has 3 aromatic rings. The second-order valence-corrected chi connectivity index (χ2v) is 10.3. The Balaban J connectivity index is 1.74. The number of benzene rings is 2. The first-order chi connectivity index (χ1) is 14.0. The molecular weight excluding hydrogens is 372 g/mol. The van der Waals surface area contributed by atoms with Gasteiger partial charge in [-0.05, 0) is 35.4 Å². The zero-order valence-electron chi connectivity index (χ0n) is 18.7. The first kappa shape index (κ1) is 20.4. The molecule has 1 aliphatic heterocycles. The van der Waals surface area contributed by atoms with Crippen molar-refractivity contribution in [3.63, 3.8) is 0 Å². The maximum absolute atomic E-state index is 13.1. The SMILES string of the molecule is CC(C)(C)C(=O)N1CC(c2ccc3c(ccn3C(=O)C(C)(C)C)c2)c2ccccc21. The summed E-state index contributed by atoms with van der Waals surface area (Å²) in [4.78, 5) is 27.8. The van der Waals surface area contributed by atoms with Crippen LogP contribution in [0.3, 0.4) is 0 Å². The summed E-state index contributed by atoms with van der Waals surface area (Å²) in [5.41, 5.74) is 3.40. The second-order valence-electron chi connectivity index (χ2n) is 10.3. The van der Waals surface area contributed by atoms with E-state index in [4.69, 9.17) is 0 Å². The average Bonchev–Trinajstić information content (AvgIpc) is 3.26. The smallest absolute Gasteiger partial charge is 0.236 e. The first-order valence-corrected chi connectivity index (χ1v) is 10.6. The number of anilines is 1. The first-order valence-electron chi connectivity index (χ1n) is 10.6. The normalized spacial score (nSPS) is 16.7. The van der Waals surface area contributed by atoms with Crippen LogP contribution in [0.5, 0.6) is 0 Å². The highest BCUT2D eigenvalue weighted by atomic mass is 16.2. The fraction of sp³-hybridized carbons (Fsp3) is 0.385. The van der Waals surface area contributed by atoms with E-state index in [2.05, 4.69) is 18.2 Å². The van der Waals surface area contributed by atoms with Gasteiger partial charge in [-0.3, -0.25) is 14.2 Å². The number of aromatic nitrogens is 1. The Bertz CT molecular complexity index is 1140. The lowest BCUT2D eigenvalue weighted by Gasteiger charge is -2.26. The van der Waals surface area contributed by atoms with Gasteiger partial charge in [-0.25, -0.2) is 0 Å². The number of amides is 1. The quantitative estimate of drug-likeness (QED) is 0.512. The molecule has 1 unspecified atom stereocenters. The fourth-order valence-electron chi connectivity index (χ4n) is 4.21. The lowest BCUT2D eigenvalue weighted by Crippen LogP contribution is -2.38. The fourth-order valence-corrected chi connectivity index (χ4v) is 4.21. The van der Waals surface area contributed by atoms with Crippen LogP contribution in [-0.4, -0.2) is 22.9 Å². The van der Waals surface area contributed by atoms with Crippen molar-refractivity contribution < 1.29 is 9.59 Å². The Morgan fingerprint density at radius 3 is 2.20 bits per heavy atom. The molecule has 0 saturated heterocycles. The lowest BCUT2D eigenvalue weighted by molar-refractivity contribution is -0.125. The summed E-state index contributed by atoms with van der Waals surface area (Å²) in [5, 5.41) is 1.04. The lowest BCUT2D eigenvalue weighted by atomic mass is 9.92. The van der Waals surface area contributed by atoms with Crippen LogP contribution in [0.25, 0.3) is 10.9 Å². The minimum Gasteiger partial charge on any atom is -0.311 e. The van der Waals surface area contributed by atoms with Gasteiger partial charge in [0.2, 0.25) is 11.8 Å². The highest BCUT2D eigenvalue weighted by Gasteiger charge is 2.37. The van der Waals surface area contributed by atoms with Crippen molar-refractivity contribution in [3.05, 3.63) is 65.9 Å². The molecule has 2 heterocycles. The molecule has 1 aliphatic rings. The van der Waals surface area contributed by atoms with Gasteiger partial charge in [-0.15, -0.1) is 0 Å². The van der Waals surface area contributed by atoms with Gasteiger partial charge >= 0.3 is 0 Å². The second kappa shape index (κ2) is 6.83. The van der Waals surface area contributed by atoms with E-state index in [1.165, 1.54) is 11.1 Å². The molecule has 0 fully saturated rings. The van der Waals surface area contributed by atoms with E-state index in [9.17, 15) is 9.59 Å². The van der Waals surface area contributed by atoms with E-state index in [0.29, 0.717) is 6.54 Å². The summed E-state index contributed by atoms with van der Waals surface area (Å²) < 4.78 is 1.75. The minimum absolute atomic E-state index is 0.0819. The molecule has 2 aromatic carbocycles. The molecule has 0 radical (unpaired) electrons. The van der Waals surface area contributed by atoms with E-state index in [-0.39, 0.29) is 17.7 Å². The molecule has 156 valence electrons. The van der Waals surface area contributed by atoms with Gasteiger partial charge in [0.1, 0.15) is 0 Å². The number of fused-ring (bicyclic) bond motifs is 2. The molecule has 1 amide bonds. The standard InChI is InChI=1S/C26H30N2O2/c1-25(2,3)23(29)27-14-13-18-15-17(11-12-21(18)27)20-16-28(24(30)26(4,5)6)22-10-8-7-9-19(20)22/h7-15,20H,16H2,1-6H3. The molecule has 0 aliphatic carbocycles. The van der Waals surface area contributed by atoms with E-state index in [1.807, 2.05) is 83.0 Å². The zero-order chi connectivity index (χ0) is 21.8. The van der Waals surface area contributed by atoms with Crippen molar-refractivity contribution in [1.29, 1.82) is 0 Å². The van der Waals surface area contributed by atoms with Crippen molar-refractivity contribution >= 4 is 28.4 Å². The Morgan fingerprint density at radius 2 is 1.53 bits per heavy atom. The highest BCUT2D eigenvalue weighted by Crippen LogP contribution is 2.42. The summed E-state index contributed by atoms with van der Waals surface area (Å²) in [5.74, 6) is 0.345. The van der Waals surface area contributed by atoms with Crippen LogP contribution in [-0.2, 0) is 4.79 Å². The van der Waals surface area contributed by atoms with Crippen LogP contribution in [0.15, 0.2) is 54.7 Å². The van der Waals surface area contributed by atoms with Gasteiger partial charge in [0.05, 0.1) is 5.52 Å². The van der Waals surface area contributed by atoms with Gasteiger partial charge in [-0.2, -0.15) is 0 Å². The number of carbonyl (C=O) groups excluding carboxylic acids is 2. The van der Waals surface area contributed by atoms with Crippen molar-refractivity contribution in [2.24, 2.45) is 10.8 Å². The molecule has 0 spiro atoms. The summed E-state index contributed by atoms with van der Waals surface area (Å²) in [7, 11) is 0. The molecule has 0 bridgehead atoms. The predicted molar refractivity (Wildman–Crippen MR) is 122 cm³/mol. The van der Waals surface area contributed by atoms with Crippen LogP contribution >= 0.6 is 0 Å². The summed E-state index contributed by atoms with van der Waals surface area (Å²) in [6, 6.07) is 16.5. The molecule has 1 aromatic heterocycles. The van der Waals surface area contributed by atoms with Crippen LogP contribution < -0.4 is 4.90 Å². The van der Waals surface area contributed by atoms with E-state index in [1.54, 1.807) is 4.57 Å². The molecule has 30 heavy (non-hydrogen) atoms. The van der Waals surface area contributed by atoms with E-state index >= 15 is 0 Å². The number of para-hydroxylation sites is 1. The highest BCUT2D eigenvalue weighted by molar-refractivity contribution is 5.99. The molecule has 1 atom stereocenters. The van der Waals surface area contributed by atoms with Gasteiger partial charge in [0.25, 0.3) is 0 Å². The van der Waals surface area contributed by atoms with Crippen molar-refractivity contribution in [2.45, 2.75) is 47.5 Å². The molecule has 0 saturated carbocycles. The number of hydrogen-bond acceptors (Lipinski definition) is 2. The van der Waals surface area contributed by atoms with Crippen molar-refractivity contribution in [2.75, 3.05) is 11.4 Å². The molecule has 4 rings (SSSR count). The van der Waals surface area contributed by atoms with Gasteiger partial charge in [0.15, 0.2) is 0 Å². The van der Waals surface area contributed by atoms with E-state index in [0.717, 1.165) is 16.6 Å². The molecular formula is C26H30N2O2. The Labute approximate surface area is 178 Å². The minimum atomic E-state index is -0.442. The Hall–Kier alpha value is -2.88. The van der Waals surface area contributed by atoms with Gasteiger partial charge in [-0.1, -0.05) is 65.8 Å². The Morgan fingerprint density at radius 1 is 0.867 bits per heavy atom. The third kappa shape index (κ3) is 3.34. The largest absolute Gasteiger partial charge is 0.311 e. The number of hydrogen-bond donors (Lipinski definition) is 0. The number of carbonyl (C=O) groups is 2. The molecule has 4 nitrogen and oxygen atoms in total. The summed E-state index contributed by atoms with van der Waals surface area (Å²) in [6.45, 7) is 12.3. The monoisotopic (exact) mass is 402 g/mol. The van der Waals surface area contributed by atoms with Crippen LogP contribution in [0, 0.1) is 10.8 Å². The zero-order valence-corrected chi connectivity index (χ0v) is 18.7. The van der Waals surface area contributed by atoms with Gasteiger partial charge < -0.3 is 4.90 Å². The predicted octanol–water partition coefficient (Wildman–Crippen LogP) is 5.85. The third-order valence-corrected chi connectivity index (χ3v) is 5.83. The number of nitrogens with zero attached hydrogens (tertiary/aromatic N) is 2. The summed E-state index contributed by atoms with van der Waals surface area (Å²) >= 11 is 0. The molecule has 0 N–H and O–H groups in total. The third-order valence-electron chi connectivity index (χ3n) is 5.83. The molecule has 4 heteroatoms. The topological polar surface area (TPSA) is 42.3 Å². The van der Waals surface area contributed by atoms with Crippen LogP contribution in [0.2, 0.25) is 0 Å². The Kier molecular flexibility index (Phi) is 4.64. The van der Waals surface area contributed by atoms with Crippen LogP contribution in [0.1, 0.15) is 63.4 Å². The van der Waals surface area contributed by atoms with Crippen LogP contribution in [0.4, 0.5) is 5.69 Å². The number of rotatable bonds is 1. The van der Waals surface area contributed by atoms with Gasteiger partial charge in [0, 0.05) is 40.6 Å².